The van der Waals surface area contributed by atoms with Crippen LogP contribution in [0.25, 0.3) is 5.65 Å². The van der Waals surface area contributed by atoms with Gasteiger partial charge in [-0.05, 0) is 62.5 Å². The predicted molar refractivity (Wildman–Crippen MR) is 221 cm³/mol. The van der Waals surface area contributed by atoms with E-state index in [1.807, 2.05) is 60.7 Å². The number of Topliss-reactive ketones (excluding diaryl/α,β-unsaturated/α-hetero) is 1. The van der Waals surface area contributed by atoms with E-state index in [2.05, 4.69) is 38.9 Å². The van der Waals surface area contributed by atoms with Crippen LogP contribution in [0.5, 0.6) is 5.88 Å². The van der Waals surface area contributed by atoms with Crippen molar-refractivity contribution in [2.75, 3.05) is 25.4 Å². The lowest BCUT2D eigenvalue weighted by Crippen LogP contribution is -2.42. The van der Waals surface area contributed by atoms with E-state index < -0.39 is 17.6 Å². The molecule has 17 heteroatoms. The smallest absolute Gasteiger partial charge is 0.410 e. The minimum Gasteiger partial charge on any atom is -0.493 e. The van der Waals surface area contributed by atoms with Crippen LogP contribution >= 0.6 is 0 Å². The van der Waals surface area contributed by atoms with E-state index in [9.17, 15) is 29.1 Å². The highest BCUT2D eigenvalue weighted by Gasteiger charge is 2.35. The van der Waals surface area contributed by atoms with Gasteiger partial charge in [0.25, 0.3) is 5.56 Å². The summed E-state index contributed by atoms with van der Waals surface area (Å²) in [5.41, 5.74) is 9.05. The number of piperidine rings is 2. The van der Waals surface area contributed by atoms with Crippen LogP contribution in [0.2, 0.25) is 0 Å². The van der Waals surface area contributed by atoms with Gasteiger partial charge in [-0.15, -0.1) is 0 Å². The number of rotatable bonds is 9. The second kappa shape index (κ2) is 21.4. The number of amides is 2. The van der Waals surface area contributed by atoms with Crippen LogP contribution in [-0.2, 0) is 37.0 Å². The third-order valence-corrected chi connectivity index (χ3v) is 9.99. The first-order valence-electron chi connectivity index (χ1n) is 20.0. The number of carbonyl (C=O) groups is 4. The van der Waals surface area contributed by atoms with Gasteiger partial charge < -0.3 is 30.0 Å². The Morgan fingerprint density at radius 3 is 1.87 bits per heavy atom. The summed E-state index contributed by atoms with van der Waals surface area (Å²) in [7, 11) is 0. The number of likely N-dealkylation sites (tertiary alicyclic amines) is 2. The van der Waals surface area contributed by atoms with Crippen LogP contribution in [-0.4, -0.2) is 83.3 Å². The molecule has 5 aromatic rings. The average molecular weight is 827 g/mol. The van der Waals surface area contributed by atoms with Gasteiger partial charge in [0.15, 0.2) is 0 Å². The molecule has 2 aliphatic heterocycles. The molecule has 3 aromatic heterocycles. The second-order valence-electron chi connectivity index (χ2n) is 15.1. The first-order chi connectivity index (χ1) is 28.8. The standard InChI is InChI=1S/C20H22N4O4.C17H22N4O2.C6H10O3/c1-13-7-8-16(15-9-17-21-18(25)10-19(26)24(17)22-15)23(11-13)20(27)28-12-14-5-3-2-4-6-14;1-12-7-8-15(14-9-16(18)20-19-14)21(10-12)17(22)23-11-13-5-3-2-4-6-13;1-3-9-6(8)4-5(2)7/h2-6,9-10,13,16,26H,7-8,11-12H2,1H3,(H,21,25);2-6,9,12,15H,7-8,10-11H2,1H3,(H3,18,19,20);3-4H2,1-2H3/t13-,16-;12-,15-;/m00./s1. The quantitative estimate of drug-likeness (QED) is 0.0713. The molecule has 2 aromatic carbocycles. The van der Waals surface area contributed by atoms with Gasteiger partial charge in [0.1, 0.15) is 36.9 Å². The Morgan fingerprint density at radius 2 is 1.35 bits per heavy atom. The number of esters is 1. The molecule has 17 nitrogen and oxygen atoms in total. The maximum Gasteiger partial charge on any atom is 0.410 e. The fourth-order valence-electron chi connectivity index (χ4n) is 7.05. The Balaban J connectivity index is 0.000000192. The summed E-state index contributed by atoms with van der Waals surface area (Å²) >= 11 is 0. The highest BCUT2D eigenvalue weighted by atomic mass is 16.6. The molecule has 0 spiro atoms. The zero-order valence-electron chi connectivity index (χ0n) is 34.4. The van der Waals surface area contributed by atoms with E-state index in [-0.39, 0.29) is 49.5 Å². The van der Waals surface area contributed by atoms with Gasteiger partial charge in [0.05, 0.1) is 36.1 Å². The van der Waals surface area contributed by atoms with Crippen molar-refractivity contribution in [3.63, 3.8) is 0 Å². The molecule has 0 bridgehead atoms. The molecule has 2 amide bonds. The van der Waals surface area contributed by atoms with Gasteiger partial charge in [-0.2, -0.15) is 14.7 Å². The van der Waals surface area contributed by atoms with E-state index in [1.54, 1.807) is 28.9 Å². The van der Waals surface area contributed by atoms with Crippen LogP contribution in [0.15, 0.2) is 83.7 Å². The minimum absolute atomic E-state index is 0.0562. The van der Waals surface area contributed by atoms with Crippen LogP contribution in [0.1, 0.15) is 94.4 Å². The molecular formula is C43H54N8O9. The third kappa shape index (κ3) is 12.7. The number of aromatic nitrogens is 5. The molecule has 0 radical (unpaired) electrons. The third-order valence-electron chi connectivity index (χ3n) is 9.99. The molecule has 320 valence electrons. The molecule has 0 aliphatic carbocycles. The summed E-state index contributed by atoms with van der Waals surface area (Å²) in [6.07, 6.45) is 2.83. The highest BCUT2D eigenvalue weighted by Crippen LogP contribution is 2.35. The number of ether oxygens (including phenoxy) is 3. The minimum atomic E-state index is -0.440. The van der Waals surface area contributed by atoms with Crippen molar-refractivity contribution < 1.29 is 38.5 Å². The molecule has 2 fully saturated rings. The van der Waals surface area contributed by atoms with Gasteiger partial charge in [0.2, 0.25) is 5.88 Å². The summed E-state index contributed by atoms with van der Waals surface area (Å²) < 4.78 is 16.8. The lowest BCUT2D eigenvalue weighted by molar-refractivity contribution is -0.145. The topological polar surface area (TPSA) is 228 Å². The van der Waals surface area contributed by atoms with E-state index in [4.69, 9.17) is 15.2 Å². The van der Waals surface area contributed by atoms with E-state index >= 15 is 0 Å². The van der Waals surface area contributed by atoms with Crippen molar-refractivity contribution in [3.8, 4) is 5.88 Å². The number of nitrogen functional groups attached to an aromatic ring is 1. The maximum atomic E-state index is 12.8. The fourth-order valence-corrected chi connectivity index (χ4v) is 7.05. The monoisotopic (exact) mass is 826 g/mol. The predicted octanol–water partition coefficient (Wildman–Crippen LogP) is 6.47. The van der Waals surface area contributed by atoms with Crippen molar-refractivity contribution >= 4 is 35.4 Å². The Kier molecular flexibility index (Phi) is 15.8. The van der Waals surface area contributed by atoms with Crippen molar-refractivity contribution in [1.29, 1.82) is 0 Å². The number of nitrogens with one attached hydrogen (secondary N) is 2. The fraction of sp³-hybridized carbons (Fsp3) is 0.419. The first-order valence-corrected chi connectivity index (χ1v) is 20.0. The maximum absolute atomic E-state index is 12.8. The number of ketones is 1. The molecular weight excluding hydrogens is 773 g/mol. The van der Waals surface area contributed by atoms with Gasteiger partial charge in [-0.3, -0.25) is 29.3 Å². The summed E-state index contributed by atoms with van der Waals surface area (Å²) in [6, 6.07) is 23.4. The zero-order valence-corrected chi connectivity index (χ0v) is 34.4. The average Bonchev–Trinajstić information content (AvgIpc) is 3.86. The SMILES string of the molecule is CCOC(=O)CC(C)=O.C[C@H]1CC[C@@H](c2cc(N)n[nH]2)N(C(=O)OCc2ccccc2)C1.C[C@H]1CC[C@@H](c2cc3[nH]c(=O)cc(O)n3n2)N(C(=O)OCc2ccccc2)C1. The number of carbonyl (C=O) groups excluding carboxylic acids is 4. The number of benzene rings is 2. The molecule has 0 saturated carbocycles. The molecule has 5 N–H and O–H groups in total. The summed E-state index contributed by atoms with van der Waals surface area (Å²) in [5.74, 6) is 0.406. The lowest BCUT2D eigenvalue weighted by Gasteiger charge is -2.37. The van der Waals surface area contributed by atoms with E-state index in [1.165, 1.54) is 11.4 Å². The lowest BCUT2D eigenvalue weighted by atomic mass is 9.93. The van der Waals surface area contributed by atoms with Crippen molar-refractivity contribution in [2.45, 2.75) is 85.1 Å². The Morgan fingerprint density at radius 1 is 0.800 bits per heavy atom. The van der Waals surface area contributed by atoms with Crippen molar-refractivity contribution in [2.24, 2.45) is 11.8 Å². The van der Waals surface area contributed by atoms with Gasteiger partial charge in [0, 0.05) is 25.2 Å². The van der Waals surface area contributed by atoms with Gasteiger partial charge in [-0.1, -0.05) is 74.5 Å². The molecule has 0 unspecified atom stereocenters. The molecule has 4 atom stereocenters. The van der Waals surface area contributed by atoms with Gasteiger partial charge >= 0.3 is 18.2 Å². The number of H-pyrrole nitrogens is 2. The molecule has 60 heavy (non-hydrogen) atoms. The number of nitrogens with two attached hydrogens (primary N) is 1. The molecule has 2 saturated heterocycles. The number of hydrogen-bond donors (Lipinski definition) is 4. The number of fused-ring (bicyclic) bond motifs is 1. The summed E-state index contributed by atoms with van der Waals surface area (Å²) in [4.78, 5) is 63.7. The highest BCUT2D eigenvalue weighted by molar-refractivity contribution is 5.94. The summed E-state index contributed by atoms with van der Waals surface area (Å²) in [6.45, 7) is 9.38. The van der Waals surface area contributed by atoms with Crippen LogP contribution < -0.4 is 11.3 Å². The zero-order chi connectivity index (χ0) is 43.2. The number of anilines is 1. The number of aromatic hydroxyl groups is 1. The molecule has 5 heterocycles. The Bertz CT molecular complexity index is 2240. The first kappa shape index (κ1) is 44.5. The summed E-state index contributed by atoms with van der Waals surface area (Å²) in [5, 5.41) is 21.3. The Hall–Kier alpha value is -6.65. The van der Waals surface area contributed by atoms with Gasteiger partial charge in [-0.25, -0.2) is 9.59 Å². The van der Waals surface area contributed by atoms with Crippen LogP contribution in [0.4, 0.5) is 15.4 Å². The van der Waals surface area contributed by atoms with E-state index in [0.717, 1.165) is 48.6 Å². The molecule has 2 aliphatic rings. The largest absolute Gasteiger partial charge is 0.493 e. The van der Waals surface area contributed by atoms with E-state index in [0.29, 0.717) is 48.7 Å². The van der Waals surface area contributed by atoms with Crippen molar-refractivity contribution in [1.82, 2.24) is 34.6 Å². The van der Waals surface area contributed by atoms with Crippen LogP contribution in [0.3, 0.4) is 0 Å². The number of hydrogen-bond acceptors (Lipinski definition) is 12. The second-order valence-corrected chi connectivity index (χ2v) is 15.1. The normalized spacial score (nSPS) is 18.6. The van der Waals surface area contributed by atoms with Crippen molar-refractivity contribution in [3.05, 3.63) is 112 Å². The molecule has 7 rings (SSSR count). The van der Waals surface area contributed by atoms with Crippen LogP contribution in [0, 0.1) is 11.8 Å². The number of nitrogens with zero attached hydrogens (tertiary/aromatic N) is 5. The number of aromatic amines is 2. The Labute approximate surface area is 347 Å².